The summed E-state index contributed by atoms with van der Waals surface area (Å²) in [5, 5.41) is 12.8. The van der Waals surface area contributed by atoms with Crippen LogP contribution >= 0.6 is 0 Å². The zero-order valence-corrected chi connectivity index (χ0v) is 18.8. The van der Waals surface area contributed by atoms with Gasteiger partial charge in [-0.05, 0) is 85.0 Å². The number of nitrogens with one attached hydrogen (secondary N) is 1. The van der Waals surface area contributed by atoms with Gasteiger partial charge in [-0.3, -0.25) is 10.1 Å². The fraction of sp³-hybridized carbons (Fsp3) is 0.909. The third kappa shape index (κ3) is 6.85. The Labute approximate surface area is 175 Å². The molecule has 1 saturated heterocycles. The summed E-state index contributed by atoms with van der Waals surface area (Å²) in [7, 11) is 1.43. The molecular formula is C22H40N2O5. The van der Waals surface area contributed by atoms with E-state index < -0.39 is 11.6 Å². The zero-order chi connectivity index (χ0) is 21.6. The molecule has 168 valence electrons. The van der Waals surface area contributed by atoms with E-state index in [9.17, 15) is 14.7 Å². The lowest BCUT2D eigenvalue weighted by atomic mass is 9.82. The number of carboxylic acid groups (broad SMARTS) is 1. The molecule has 1 saturated carbocycles. The summed E-state index contributed by atoms with van der Waals surface area (Å²) in [5.74, 6) is 0.513. The first kappa shape index (κ1) is 23.9. The number of amides is 1. The summed E-state index contributed by atoms with van der Waals surface area (Å²) in [6.07, 6.45) is 7.67. The minimum Gasteiger partial charge on any atom is -0.468 e. The number of rotatable bonds is 8. The van der Waals surface area contributed by atoms with Crippen LogP contribution in [-0.4, -0.2) is 65.6 Å². The SMILES string of the molecule is COC(=O)C(C)(C)NC1CCC(CCCOC2CC(C)N(C(=O)O)C(C)C2)CC1. The maximum Gasteiger partial charge on any atom is 0.407 e. The molecule has 2 N–H and O–H groups in total. The van der Waals surface area contributed by atoms with E-state index >= 15 is 0 Å². The number of nitrogens with zero attached hydrogens (tertiary/aromatic N) is 1. The molecule has 29 heavy (non-hydrogen) atoms. The molecule has 1 aliphatic carbocycles. The zero-order valence-electron chi connectivity index (χ0n) is 18.8. The lowest BCUT2D eigenvalue weighted by Gasteiger charge is -2.40. The standard InChI is InChI=1S/C22H40N2O5/c1-15-13-19(14-16(2)24(15)21(26)27)29-12-6-7-17-8-10-18(11-9-17)23-22(3,4)20(25)28-5/h15-19,23H,6-14H2,1-5H3,(H,26,27). The van der Waals surface area contributed by atoms with Crippen molar-refractivity contribution in [2.45, 2.75) is 109 Å². The van der Waals surface area contributed by atoms with Gasteiger partial charge in [-0.15, -0.1) is 0 Å². The number of hydrogen-bond acceptors (Lipinski definition) is 5. The van der Waals surface area contributed by atoms with Crippen LogP contribution in [0.5, 0.6) is 0 Å². The molecule has 2 fully saturated rings. The highest BCUT2D eigenvalue weighted by molar-refractivity contribution is 5.79. The van der Waals surface area contributed by atoms with Crippen LogP contribution in [0, 0.1) is 5.92 Å². The van der Waals surface area contributed by atoms with Gasteiger partial charge in [0.25, 0.3) is 0 Å². The fourth-order valence-corrected chi connectivity index (χ4v) is 5.07. The van der Waals surface area contributed by atoms with E-state index in [-0.39, 0.29) is 24.2 Å². The Balaban J connectivity index is 1.62. The van der Waals surface area contributed by atoms with Crippen molar-refractivity contribution in [1.82, 2.24) is 10.2 Å². The third-order valence-electron chi connectivity index (χ3n) is 6.60. The number of hydrogen-bond donors (Lipinski definition) is 2. The molecule has 1 heterocycles. The summed E-state index contributed by atoms with van der Waals surface area (Å²) in [5.41, 5.74) is -0.634. The van der Waals surface area contributed by atoms with Crippen molar-refractivity contribution in [3.05, 3.63) is 0 Å². The highest BCUT2D eigenvalue weighted by atomic mass is 16.5. The monoisotopic (exact) mass is 412 g/mol. The molecular weight excluding hydrogens is 372 g/mol. The predicted molar refractivity (Wildman–Crippen MR) is 112 cm³/mol. The Bertz CT molecular complexity index is 533. The van der Waals surface area contributed by atoms with E-state index in [1.54, 1.807) is 4.90 Å². The van der Waals surface area contributed by atoms with Crippen LogP contribution in [-0.2, 0) is 14.3 Å². The molecule has 2 aliphatic rings. The van der Waals surface area contributed by atoms with Crippen molar-refractivity contribution in [3.63, 3.8) is 0 Å². The van der Waals surface area contributed by atoms with Gasteiger partial charge in [0, 0.05) is 24.7 Å². The number of esters is 1. The first-order valence-corrected chi connectivity index (χ1v) is 11.1. The number of methoxy groups -OCH3 is 1. The van der Waals surface area contributed by atoms with Crippen molar-refractivity contribution < 1.29 is 24.2 Å². The second-order valence-corrected chi connectivity index (χ2v) is 9.47. The number of likely N-dealkylation sites (tertiary alicyclic amines) is 1. The first-order valence-electron chi connectivity index (χ1n) is 11.1. The van der Waals surface area contributed by atoms with Gasteiger partial charge in [-0.2, -0.15) is 0 Å². The minimum atomic E-state index is -0.830. The van der Waals surface area contributed by atoms with Gasteiger partial charge in [0.05, 0.1) is 13.2 Å². The van der Waals surface area contributed by atoms with Crippen LogP contribution in [0.15, 0.2) is 0 Å². The molecule has 0 aromatic rings. The van der Waals surface area contributed by atoms with E-state index in [4.69, 9.17) is 9.47 Å². The molecule has 1 aliphatic heterocycles. The lowest BCUT2D eigenvalue weighted by molar-refractivity contribution is -0.147. The topological polar surface area (TPSA) is 88.1 Å². The van der Waals surface area contributed by atoms with Crippen molar-refractivity contribution in [2.75, 3.05) is 13.7 Å². The molecule has 1 amide bonds. The van der Waals surface area contributed by atoms with Gasteiger partial charge in [-0.25, -0.2) is 4.79 Å². The van der Waals surface area contributed by atoms with E-state index in [1.165, 1.54) is 26.4 Å². The van der Waals surface area contributed by atoms with E-state index in [2.05, 4.69) is 5.32 Å². The molecule has 7 nitrogen and oxygen atoms in total. The maximum atomic E-state index is 11.8. The van der Waals surface area contributed by atoms with Gasteiger partial charge in [-0.1, -0.05) is 0 Å². The van der Waals surface area contributed by atoms with Crippen molar-refractivity contribution in [2.24, 2.45) is 5.92 Å². The maximum absolute atomic E-state index is 11.8. The number of carbonyl (C=O) groups is 2. The van der Waals surface area contributed by atoms with Crippen molar-refractivity contribution in [1.29, 1.82) is 0 Å². The molecule has 0 bridgehead atoms. The van der Waals surface area contributed by atoms with Crippen LogP contribution in [0.2, 0.25) is 0 Å². The molecule has 0 aromatic carbocycles. The van der Waals surface area contributed by atoms with Crippen LogP contribution in [0.4, 0.5) is 4.79 Å². The Morgan fingerprint density at radius 1 is 1.10 bits per heavy atom. The average Bonchev–Trinajstić information content (AvgIpc) is 2.64. The summed E-state index contributed by atoms with van der Waals surface area (Å²) in [6.45, 7) is 8.45. The second-order valence-electron chi connectivity index (χ2n) is 9.47. The normalized spacial score (nSPS) is 30.8. The Hall–Kier alpha value is -1.34. The fourth-order valence-electron chi connectivity index (χ4n) is 5.07. The molecule has 2 unspecified atom stereocenters. The lowest BCUT2D eigenvalue weighted by Crippen LogP contribution is -2.52. The van der Waals surface area contributed by atoms with Gasteiger partial charge < -0.3 is 19.5 Å². The Morgan fingerprint density at radius 2 is 1.69 bits per heavy atom. The van der Waals surface area contributed by atoms with Crippen LogP contribution in [0.3, 0.4) is 0 Å². The molecule has 7 heteroatoms. The van der Waals surface area contributed by atoms with Crippen LogP contribution < -0.4 is 5.32 Å². The van der Waals surface area contributed by atoms with Gasteiger partial charge >= 0.3 is 12.1 Å². The van der Waals surface area contributed by atoms with Gasteiger partial charge in [0.2, 0.25) is 0 Å². The van der Waals surface area contributed by atoms with Gasteiger partial charge in [0.1, 0.15) is 5.54 Å². The average molecular weight is 413 g/mol. The third-order valence-corrected chi connectivity index (χ3v) is 6.60. The summed E-state index contributed by atoms with van der Waals surface area (Å²) >= 11 is 0. The summed E-state index contributed by atoms with van der Waals surface area (Å²) in [4.78, 5) is 24.7. The highest BCUT2D eigenvalue weighted by Crippen LogP contribution is 2.30. The van der Waals surface area contributed by atoms with Gasteiger partial charge in [0.15, 0.2) is 0 Å². The largest absolute Gasteiger partial charge is 0.468 e. The summed E-state index contributed by atoms with van der Waals surface area (Å²) in [6, 6.07) is 0.399. The highest BCUT2D eigenvalue weighted by Gasteiger charge is 2.35. The van der Waals surface area contributed by atoms with Crippen LogP contribution in [0.25, 0.3) is 0 Å². The summed E-state index contributed by atoms with van der Waals surface area (Å²) < 4.78 is 11.0. The van der Waals surface area contributed by atoms with E-state index in [1.807, 2.05) is 27.7 Å². The first-order chi connectivity index (χ1) is 13.6. The molecule has 0 spiro atoms. The second kappa shape index (κ2) is 10.6. The number of piperidine rings is 1. The molecule has 0 radical (unpaired) electrons. The molecule has 2 atom stereocenters. The predicted octanol–water partition coefficient (Wildman–Crippen LogP) is 3.80. The quantitative estimate of drug-likeness (QED) is 0.466. The molecule has 2 rings (SSSR count). The van der Waals surface area contributed by atoms with Crippen molar-refractivity contribution in [3.8, 4) is 0 Å². The smallest absolute Gasteiger partial charge is 0.407 e. The van der Waals surface area contributed by atoms with E-state index in [0.29, 0.717) is 6.04 Å². The Morgan fingerprint density at radius 3 is 2.21 bits per heavy atom. The number of carbonyl (C=O) groups excluding carboxylic acids is 1. The number of ether oxygens (including phenoxy) is 2. The van der Waals surface area contributed by atoms with Crippen LogP contribution in [0.1, 0.15) is 79.1 Å². The van der Waals surface area contributed by atoms with Crippen molar-refractivity contribution >= 4 is 12.1 Å². The Kier molecular flexibility index (Phi) is 8.76. The minimum absolute atomic E-state index is 0.0123. The van der Waals surface area contributed by atoms with E-state index in [0.717, 1.165) is 44.6 Å². The molecule has 0 aromatic heterocycles.